The van der Waals surface area contributed by atoms with Gasteiger partial charge in [-0.2, -0.15) is 0 Å². The minimum absolute atomic E-state index is 0.244. The molecule has 0 saturated carbocycles. The minimum Gasteiger partial charge on any atom is -0.382 e. The minimum atomic E-state index is -0.244. The Bertz CT molecular complexity index is 621. The number of amides is 1. The Morgan fingerprint density at radius 3 is 2.57 bits per heavy atom. The third-order valence-corrected chi connectivity index (χ3v) is 3.86. The molecule has 1 amide bonds. The second kappa shape index (κ2) is 6.45. The molecular formula is C14H19N5OS. The van der Waals surface area contributed by atoms with Crippen molar-refractivity contribution in [3.8, 4) is 0 Å². The number of carbonyl (C=O) groups excluding carboxylic acids is 1. The molecule has 0 aliphatic carbocycles. The van der Waals surface area contributed by atoms with Gasteiger partial charge in [0.1, 0.15) is 10.7 Å². The van der Waals surface area contributed by atoms with Crippen molar-refractivity contribution in [1.29, 1.82) is 0 Å². The summed E-state index contributed by atoms with van der Waals surface area (Å²) in [5, 5.41) is 6.53. The SMILES string of the molecule is CCNc1nc(N)c(C(=O)Nc2ccc(N(C)C)cc2)s1. The topological polar surface area (TPSA) is 83.3 Å². The molecule has 1 aromatic carbocycles. The van der Waals surface area contributed by atoms with Crippen LogP contribution in [0.25, 0.3) is 0 Å². The first kappa shape index (κ1) is 15.1. The van der Waals surface area contributed by atoms with Gasteiger partial charge < -0.3 is 21.3 Å². The van der Waals surface area contributed by atoms with Gasteiger partial charge >= 0.3 is 0 Å². The number of thiazole rings is 1. The zero-order valence-corrected chi connectivity index (χ0v) is 13.1. The van der Waals surface area contributed by atoms with Gasteiger partial charge in [-0.05, 0) is 31.2 Å². The van der Waals surface area contributed by atoms with Crippen molar-refractivity contribution in [3.63, 3.8) is 0 Å². The number of aromatic nitrogens is 1. The molecule has 2 rings (SSSR count). The number of nitrogens with one attached hydrogen (secondary N) is 2. The molecule has 7 heteroatoms. The Balaban J connectivity index is 2.10. The number of hydrogen-bond acceptors (Lipinski definition) is 6. The lowest BCUT2D eigenvalue weighted by Crippen LogP contribution is -2.13. The van der Waals surface area contributed by atoms with E-state index in [1.54, 1.807) is 0 Å². The lowest BCUT2D eigenvalue weighted by molar-refractivity contribution is 0.103. The summed E-state index contributed by atoms with van der Waals surface area (Å²) in [4.78, 5) is 18.7. The van der Waals surface area contributed by atoms with Gasteiger partial charge in [0.15, 0.2) is 5.13 Å². The van der Waals surface area contributed by atoms with Crippen LogP contribution >= 0.6 is 11.3 Å². The summed E-state index contributed by atoms with van der Waals surface area (Å²) < 4.78 is 0. The third-order valence-electron chi connectivity index (χ3n) is 2.83. The van der Waals surface area contributed by atoms with Crippen LogP contribution in [0.2, 0.25) is 0 Å². The maximum atomic E-state index is 12.2. The van der Waals surface area contributed by atoms with E-state index >= 15 is 0 Å². The second-order valence-electron chi connectivity index (χ2n) is 4.66. The molecule has 0 saturated heterocycles. The molecule has 4 N–H and O–H groups in total. The van der Waals surface area contributed by atoms with Crippen LogP contribution in [0, 0.1) is 0 Å². The molecule has 0 radical (unpaired) electrons. The van der Waals surface area contributed by atoms with Crippen LogP contribution in [0.4, 0.5) is 22.3 Å². The van der Waals surface area contributed by atoms with Crippen molar-refractivity contribution in [2.75, 3.05) is 41.9 Å². The molecule has 0 unspecified atom stereocenters. The quantitative estimate of drug-likeness (QED) is 0.790. The van der Waals surface area contributed by atoms with Gasteiger partial charge in [0.05, 0.1) is 0 Å². The fourth-order valence-corrected chi connectivity index (χ4v) is 2.60. The van der Waals surface area contributed by atoms with E-state index in [9.17, 15) is 4.79 Å². The smallest absolute Gasteiger partial charge is 0.269 e. The number of benzene rings is 1. The van der Waals surface area contributed by atoms with Gasteiger partial charge in [-0.3, -0.25) is 4.79 Å². The summed E-state index contributed by atoms with van der Waals surface area (Å²) >= 11 is 1.25. The Hall–Kier alpha value is -2.28. The average molecular weight is 305 g/mol. The van der Waals surface area contributed by atoms with Crippen LogP contribution < -0.4 is 21.3 Å². The van der Waals surface area contributed by atoms with E-state index in [1.165, 1.54) is 11.3 Å². The maximum absolute atomic E-state index is 12.2. The lowest BCUT2D eigenvalue weighted by atomic mass is 10.2. The summed E-state index contributed by atoms with van der Waals surface area (Å²) in [6.45, 7) is 2.70. The molecule has 0 atom stereocenters. The van der Waals surface area contributed by atoms with Crippen LogP contribution in [-0.2, 0) is 0 Å². The van der Waals surface area contributed by atoms with E-state index in [-0.39, 0.29) is 11.7 Å². The second-order valence-corrected chi connectivity index (χ2v) is 5.66. The van der Waals surface area contributed by atoms with Crippen molar-refractivity contribution in [3.05, 3.63) is 29.1 Å². The summed E-state index contributed by atoms with van der Waals surface area (Å²) in [6.07, 6.45) is 0. The number of nitrogens with zero attached hydrogens (tertiary/aromatic N) is 2. The Morgan fingerprint density at radius 2 is 2.00 bits per heavy atom. The number of nitrogen functional groups attached to an aromatic ring is 1. The van der Waals surface area contributed by atoms with E-state index in [2.05, 4.69) is 15.6 Å². The van der Waals surface area contributed by atoms with Crippen LogP contribution in [0.3, 0.4) is 0 Å². The molecule has 112 valence electrons. The van der Waals surface area contributed by atoms with Crippen molar-refractivity contribution in [2.45, 2.75) is 6.92 Å². The van der Waals surface area contributed by atoms with Crippen molar-refractivity contribution < 1.29 is 4.79 Å². The maximum Gasteiger partial charge on any atom is 0.269 e. The number of nitrogens with two attached hydrogens (primary N) is 1. The highest BCUT2D eigenvalue weighted by atomic mass is 32.1. The van der Waals surface area contributed by atoms with E-state index in [4.69, 9.17) is 5.73 Å². The van der Waals surface area contributed by atoms with Gasteiger partial charge in [0.2, 0.25) is 0 Å². The molecule has 2 aromatic rings. The van der Waals surface area contributed by atoms with Gasteiger partial charge in [-0.25, -0.2) is 4.98 Å². The number of carbonyl (C=O) groups is 1. The number of anilines is 4. The van der Waals surface area contributed by atoms with Crippen molar-refractivity contribution in [1.82, 2.24) is 4.98 Å². The van der Waals surface area contributed by atoms with Gasteiger partial charge in [0.25, 0.3) is 5.91 Å². The zero-order valence-electron chi connectivity index (χ0n) is 12.3. The third kappa shape index (κ3) is 3.63. The van der Waals surface area contributed by atoms with Crippen LogP contribution in [0.15, 0.2) is 24.3 Å². The normalized spacial score (nSPS) is 10.2. The summed E-state index contributed by atoms with van der Waals surface area (Å²) in [6, 6.07) is 7.59. The average Bonchev–Trinajstić information content (AvgIpc) is 2.81. The van der Waals surface area contributed by atoms with Gasteiger partial charge in [-0.15, -0.1) is 0 Å². The van der Waals surface area contributed by atoms with Gasteiger partial charge in [-0.1, -0.05) is 11.3 Å². The monoisotopic (exact) mass is 305 g/mol. The Kier molecular flexibility index (Phi) is 4.64. The fraction of sp³-hybridized carbons (Fsp3) is 0.286. The molecule has 1 aromatic heterocycles. The highest BCUT2D eigenvalue weighted by Gasteiger charge is 2.16. The molecule has 1 heterocycles. The molecule has 6 nitrogen and oxygen atoms in total. The van der Waals surface area contributed by atoms with E-state index in [1.807, 2.05) is 50.2 Å². The first-order valence-electron chi connectivity index (χ1n) is 6.60. The summed E-state index contributed by atoms with van der Waals surface area (Å²) in [7, 11) is 3.93. The lowest BCUT2D eigenvalue weighted by Gasteiger charge is -2.12. The molecule has 0 bridgehead atoms. The first-order valence-corrected chi connectivity index (χ1v) is 7.41. The van der Waals surface area contributed by atoms with E-state index in [0.717, 1.165) is 17.9 Å². The molecule has 0 aliphatic rings. The highest BCUT2D eigenvalue weighted by Crippen LogP contribution is 2.26. The van der Waals surface area contributed by atoms with Crippen LogP contribution in [0.1, 0.15) is 16.6 Å². The Labute approximate surface area is 128 Å². The molecule has 0 spiro atoms. The van der Waals surface area contributed by atoms with Crippen LogP contribution in [-0.4, -0.2) is 31.5 Å². The number of rotatable bonds is 5. The fourth-order valence-electron chi connectivity index (χ4n) is 1.75. The summed E-state index contributed by atoms with van der Waals surface area (Å²) in [5.41, 5.74) is 7.58. The standard InChI is InChI=1S/C14H19N5OS/c1-4-16-14-18-12(15)11(21-14)13(20)17-9-5-7-10(8-6-9)19(2)3/h5-8H,4,15H2,1-3H3,(H,16,18)(H,17,20). The highest BCUT2D eigenvalue weighted by molar-refractivity contribution is 7.18. The molecule has 21 heavy (non-hydrogen) atoms. The van der Waals surface area contributed by atoms with Crippen molar-refractivity contribution >= 4 is 39.6 Å². The summed E-state index contributed by atoms with van der Waals surface area (Å²) in [5.74, 6) is 0.00474. The van der Waals surface area contributed by atoms with Crippen molar-refractivity contribution in [2.24, 2.45) is 0 Å². The van der Waals surface area contributed by atoms with E-state index in [0.29, 0.717) is 10.0 Å². The predicted molar refractivity (Wildman–Crippen MR) is 89.4 cm³/mol. The van der Waals surface area contributed by atoms with Crippen LogP contribution in [0.5, 0.6) is 0 Å². The van der Waals surface area contributed by atoms with Gasteiger partial charge in [0, 0.05) is 32.0 Å². The van der Waals surface area contributed by atoms with E-state index < -0.39 is 0 Å². The molecular weight excluding hydrogens is 286 g/mol. The zero-order chi connectivity index (χ0) is 15.4. The predicted octanol–water partition coefficient (Wildman–Crippen LogP) is 2.48. The number of hydrogen-bond donors (Lipinski definition) is 3. The Morgan fingerprint density at radius 1 is 1.33 bits per heavy atom. The first-order chi connectivity index (χ1) is 10.0. The molecule has 0 aliphatic heterocycles. The molecule has 0 fully saturated rings. The largest absolute Gasteiger partial charge is 0.382 e.